The first kappa shape index (κ1) is 30.2. The number of sulfonamides is 1. The molecule has 3 aromatic rings. The lowest BCUT2D eigenvalue weighted by atomic mass is 9.95. The van der Waals surface area contributed by atoms with Crippen LogP contribution in [0, 0.1) is 19.7 Å². The van der Waals surface area contributed by atoms with Gasteiger partial charge < -0.3 is 10.2 Å². The van der Waals surface area contributed by atoms with Gasteiger partial charge in [0.2, 0.25) is 11.8 Å². The van der Waals surface area contributed by atoms with E-state index in [1.165, 1.54) is 17.0 Å². The Kier molecular flexibility index (Phi) is 9.81. The third-order valence-electron chi connectivity index (χ3n) is 7.59. The Morgan fingerprint density at radius 3 is 2.02 bits per heavy atom. The van der Waals surface area contributed by atoms with Crippen molar-refractivity contribution in [2.45, 2.75) is 76.4 Å². The van der Waals surface area contributed by atoms with Crippen LogP contribution in [-0.2, 0) is 26.2 Å². The number of nitrogens with zero attached hydrogens (tertiary/aromatic N) is 2. The number of rotatable bonds is 10. The van der Waals surface area contributed by atoms with Gasteiger partial charge >= 0.3 is 0 Å². The van der Waals surface area contributed by atoms with Crippen LogP contribution in [0.25, 0.3) is 0 Å². The highest BCUT2D eigenvalue weighted by Gasteiger charge is 2.33. The predicted octanol–water partition coefficient (Wildman–Crippen LogP) is 5.50. The van der Waals surface area contributed by atoms with Gasteiger partial charge in [-0.2, -0.15) is 0 Å². The lowest BCUT2D eigenvalue weighted by molar-refractivity contribution is -0.139. The zero-order valence-corrected chi connectivity index (χ0v) is 24.7. The Hall–Kier alpha value is -3.72. The molecule has 7 nitrogen and oxygen atoms in total. The van der Waals surface area contributed by atoms with Crippen molar-refractivity contribution >= 4 is 27.5 Å². The summed E-state index contributed by atoms with van der Waals surface area (Å²) in [5.41, 5.74) is 3.10. The number of carbonyl (C=O) groups excluding carboxylic acids is 2. The Labute approximate surface area is 242 Å². The van der Waals surface area contributed by atoms with Gasteiger partial charge in [0.05, 0.1) is 10.6 Å². The molecule has 0 aromatic heterocycles. The Morgan fingerprint density at radius 2 is 1.44 bits per heavy atom. The van der Waals surface area contributed by atoms with Crippen LogP contribution in [0.15, 0.2) is 77.7 Å². The highest BCUT2D eigenvalue weighted by molar-refractivity contribution is 7.92. The van der Waals surface area contributed by atoms with Crippen molar-refractivity contribution in [2.24, 2.45) is 0 Å². The third kappa shape index (κ3) is 7.73. The summed E-state index contributed by atoms with van der Waals surface area (Å²) < 4.78 is 42.2. The van der Waals surface area contributed by atoms with Gasteiger partial charge in [0, 0.05) is 12.6 Å². The molecule has 2 amide bonds. The predicted molar refractivity (Wildman–Crippen MR) is 158 cm³/mol. The number of benzene rings is 3. The molecule has 218 valence electrons. The molecule has 0 bridgehead atoms. The summed E-state index contributed by atoms with van der Waals surface area (Å²) in [5.74, 6) is -1.35. The first-order chi connectivity index (χ1) is 19.5. The van der Waals surface area contributed by atoms with Crippen molar-refractivity contribution in [3.05, 3.63) is 95.3 Å². The van der Waals surface area contributed by atoms with E-state index in [0.717, 1.165) is 65.2 Å². The van der Waals surface area contributed by atoms with Crippen molar-refractivity contribution in [1.29, 1.82) is 0 Å². The van der Waals surface area contributed by atoms with E-state index in [4.69, 9.17) is 0 Å². The summed E-state index contributed by atoms with van der Waals surface area (Å²) in [6.07, 6.45) is 5.07. The van der Waals surface area contributed by atoms with Crippen LogP contribution in [0.5, 0.6) is 0 Å². The smallest absolute Gasteiger partial charge is 0.264 e. The van der Waals surface area contributed by atoms with Gasteiger partial charge in [0.25, 0.3) is 10.0 Å². The molecule has 4 rings (SSSR count). The van der Waals surface area contributed by atoms with E-state index in [0.29, 0.717) is 5.69 Å². The molecule has 0 radical (unpaired) electrons. The van der Waals surface area contributed by atoms with Crippen LogP contribution in [0.2, 0.25) is 0 Å². The number of aryl methyl sites for hydroxylation is 2. The van der Waals surface area contributed by atoms with Crippen molar-refractivity contribution in [2.75, 3.05) is 10.8 Å². The summed E-state index contributed by atoms with van der Waals surface area (Å²) in [6.45, 7) is 5.12. The van der Waals surface area contributed by atoms with E-state index >= 15 is 0 Å². The number of anilines is 1. The second-order valence-electron chi connectivity index (χ2n) is 10.8. The molecular formula is C32H38FN3O4S. The minimum absolute atomic E-state index is 0.0675. The topological polar surface area (TPSA) is 86.8 Å². The van der Waals surface area contributed by atoms with E-state index < -0.39 is 34.3 Å². The molecule has 0 saturated heterocycles. The number of nitrogens with one attached hydrogen (secondary N) is 1. The van der Waals surface area contributed by atoms with Crippen LogP contribution in [0.4, 0.5) is 10.1 Å². The summed E-state index contributed by atoms with van der Waals surface area (Å²) >= 11 is 0. The van der Waals surface area contributed by atoms with E-state index in [-0.39, 0.29) is 23.4 Å². The summed E-state index contributed by atoms with van der Waals surface area (Å²) in [5, 5.41) is 3.10. The lowest BCUT2D eigenvalue weighted by Gasteiger charge is -2.33. The molecule has 41 heavy (non-hydrogen) atoms. The second kappa shape index (κ2) is 13.3. The van der Waals surface area contributed by atoms with E-state index in [9.17, 15) is 22.4 Å². The number of carbonyl (C=O) groups is 2. The molecule has 1 fully saturated rings. The highest BCUT2D eigenvalue weighted by atomic mass is 32.2. The molecule has 3 aromatic carbocycles. The fourth-order valence-corrected chi connectivity index (χ4v) is 6.43. The number of hydrogen-bond acceptors (Lipinski definition) is 4. The maximum atomic E-state index is 14.0. The standard InChI is InChI=1S/C32H38FN3O4S/c1-23-9-13-26(14-10-23)21-35(25(3)32(38)34-28-7-5-4-6-8-28)31(37)22-36(29-17-11-24(2)12-18-29)41(39,40)30-19-15-27(33)16-20-30/h9-20,25,28H,4-8,21-22H2,1-3H3,(H,34,38)/t25-/m1/s1. The molecule has 0 heterocycles. The van der Waals surface area contributed by atoms with E-state index in [1.807, 2.05) is 38.1 Å². The van der Waals surface area contributed by atoms with Crippen LogP contribution < -0.4 is 9.62 Å². The molecule has 0 aliphatic heterocycles. The van der Waals surface area contributed by atoms with E-state index in [2.05, 4.69) is 5.32 Å². The number of hydrogen-bond donors (Lipinski definition) is 1. The summed E-state index contributed by atoms with van der Waals surface area (Å²) in [4.78, 5) is 28.7. The van der Waals surface area contributed by atoms with Crippen molar-refractivity contribution in [3.8, 4) is 0 Å². The Balaban J connectivity index is 1.66. The average Bonchev–Trinajstić information content (AvgIpc) is 2.96. The molecule has 9 heteroatoms. The Bertz CT molecular complexity index is 1440. The lowest BCUT2D eigenvalue weighted by Crippen LogP contribution is -2.53. The van der Waals surface area contributed by atoms with Crippen LogP contribution >= 0.6 is 0 Å². The fourth-order valence-electron chi connectivity index (χ4n) is 5.02. The average molecular weight is 580 g/mol. The normalized spacial score (nSPS) is 14.7. The third-order valence-corrected chi connectivity index (χ3v) is 9.38. The zero-order chi connectivity index (χ0) is 29.6. The molecular weight excluding hydrogens is 541 g/mol. The van der Waals surface area contributed by atoms with Gasteiger partial charge in [0.1, 0.15) is 18.4 Å². The maximum Gasteiger partial charge on any atom is 0.264 e. The second-order valence-corrected chi connectivity index (χ2v) is 12.7. The largest absolute Gasteiger partial charge is 0.352 e. The van der Waals surface area contributed by atoms with Crippen molar-refractivity contribution < 1.29 is 22.4 Å². The molecule has 0 unspecified atom stereocenters. The van der Waals surface area contributed by atoms with Gasteiger partial charge in [-0.3, -0.25) is 13.9 Å². The highest BCUT2D eigenvalue weighted by Crippen LogP contribution is 2.25. The van der Waals surface area contributed by atoms with Gasteiger partial charge in [-0.05, 0) is 75.6 Å². The quantitative estimate of drug-likeness (QED) is 0.344. The van der Waals surface area contributed by atoms with Gasteiger partial charge in [-0.1, -0.05) is 66.8 Å². The fraction of sp³-hybridized carbons (Fsp3) is 0.375. The molecule has 1 aliphatic carbocycles. The molecule has 0 spiro atoms. The minimum Gasteiger partial charge on any atom is -0.352 e. The van der Waals surface area contributed by atoms with Crippen LogP contribution in [0.1, 0.15) is 55.7 Å². The van der Waals surface area contributed by atoms with Gasteiger partial charge in [-0.15, -0.1) is 0 Å². The number of amides is 2. The number of halogens is 1. The molecule has 1 N–H and O–H groups in total. The maximum absolute atomic E-state index is 14.0. The van der Waals surface area contributed by atoms with Crippen molar-refractivity contribution in [3.63, 3.8) is 0 Å². The monoisotopic (exact) mass is 579 g/mol. The van der Waals surface area contributed by atoms with Crippen LogP contribution in [-0.4, -0.2) is 43.8 Å². The van der Waals surface area contributed by atoms with E-state index in [1.54, 1.807) is 31.2 Å². The first-order valence-corrected chi connectivity index (χ1v) is 15.5. The SMILES string of the molecule is Cc1ccc(CN(C(=O)CN(c2ccc(C)cc2)S(=O)(=O)c2ccc(F)cc2)[C@H](C)C(=O)NC2CCCCC2)cc1. The Morgan fingerprint density at radius 1 is 0.878 bits per heavy atom. The van der Waals surface area contributed by atoms with Gasteiger partial charge in [-0.25, -0.2) is 12.8 Å². The van der Waals surface area contributed by atoms with Crippen molar-refractivity contribution in [1.82, 2.24) is 10.2 Å². The van der Waals surface area contributed by atoms with Crippen LogP contribution in [0.3, 0.4) is 0 Å². The first-order valence-electron chi connectivity index (χ1n) is 14.0. The molecule has 1 atom stereocenters. The zero-order valence-electron chi connectivity index (χ0n) is 23.8. The summed E-state index contributed by atoms with van der Waals surface area (Å²) in [7, 11) is -4.24. The molecule has 1 aliphatic rings. The van der Waals surface area contributed by atoms with Gasteiger partial charge in [0.15, 0.2) is 0 Å². The summed E-state index contributed by atoms with van der Waals surface area (Å²) in [6, 6.07) is 18.2. The minimum atomic E-state index is -4.24. The molecule has 1 saturated carbocycles.